The molecule has 7 heteroatoms. The first-order chi connectivity index (χ1) is 13.7. The molecule has 1 aliphatic heterocycles. The zero-order chi connectivity index (χ0) is 21.2. The van der Waals surface area contributed by atoms with Gasteiger partial charge in [-0.1, -0.05) is 19.4 Å². The average molecular weight is 405 g/mol. The molecular weight excluding hydrogens is 372 g/mol. The lowest BCUT2D eigenvalue weighted by molar-refractivity contribution is -0.153. The molecule has 3 rings (SSSR count). The summed E-state index contributed by atoms with van der Waals surface area (Å²) in [6, 6.07) is 5.57. The van der Waals surface area contributed by atoms with Gasteiger partial charge in [-0.15, -0.1) is 0 Å². The summed E-state index contributed by atoms with van der Waals surface area (Å²) in [7, 11) is 1.55. The highest BCUT2D eigenvalue weighted by Crippen LogP contribution is 2.48. The maximum absolute atomic E-state index is 11.9. The number of carbonyl (C=O) groups is 2. The van der Waals surface area contributed by atoms with E-state index < -0.39 is 5.91 Å². The Balaban J connectivity index is 1.87. The van der Waals surface area contributed by atoms with Crippen molar-refractivity contribution >= 4 is 11.8 Å². The van der Waals surface area contributed by atoms with Crippen molar-refractivity contribution in [1.82, 2.24) is 5.32 Å². The molecule has 1 saturated carbocycles. The molecule has 29 heavy (non-hydrogen) atoms. The van der Waals surface area contributed by atoms with Crippen LogP contribution in [0.4, 0.5) is 0 Å². The topological polar surface area (TPSA) is 99.9 Å². The third-order valence-electron chi connectivity index (χ3n) is 6.21. The lowest BCUT2D eigenvalue weighted by Crippen LogP contribution is -2.60. The summed E-state index contributed by atoms with van der Waals surface area (Å²) in [6.45, 7) is 5.76. The predicted octanol–water partition coefficient (Wildman–Crippen LogP) is 2.72. The SMILES string of the molecule is COc1cc([C@H]2C[C@@](C)(NC(C)=O)[C@@H]3CC[C@@H](C)C[C@H]3O2)ccc1OCC(N)=O. The lowest BCUT2D eigenvalue weighted by Gasteiger charge is -2.52. The fourth-order valence-corrected chi connectivity index (χ4v) is 4.90. The van der Waals surface area contributed by atoms with Gasteiger partial charge in [-0.05, 0) is 43.4 Å². The Morgan fingerprint density at radius 1 is 1.31 bits per heavy atom. The van der Waals surface area contributed by atoms with Crippen molar-refractivity contribution in [3.63, 3.8) is 0 Å². The highest BCUT2D eigenvalue weighted by molar-refractivity contribution is 5.75. The van der Waals surface area contributed by atoms with Crippen LogP contribution in [0.5, 0.6) is 11.5 Å². The first-order valence-corrected chi connectivity index (χ1v) is 10.2. The molecule has 0 spiro atoms. The van der Waals surface area contributed by atoms with Crippen LogP contribution >= 0.6 is 0 Å². The molecule has 0 radical (unpaired) electrons. The molecule has 1 saturated heterocycles. The quantitative estimate of drug-likeness (QED) is 0.759. The van der Waals surface area contributed by atoms with Crippen molar-refractivity contribution < 1.29 is 23.8 Å². The van der Waals surface area contributed by atoms with Gasteiger partial charge in [0, 0.05) is 24.8 Å². The number of methoxy groups -OCH3 is 1. The molecule has 1 aromatic rings. The van der Waals surface area contributed by atoms with E-state index in [1.54, 1.807) is 20.1 Å². The number of nitrogens with one attached hydrogen (secondary N) is 1. The van der Waals surface area contributed by atoms with Crippen molar-refractivity contribution in [2.45, 2.75) is 64.2 Å². The highest BCUT2D eigenvalue weighted by Gasteiger charge is 2.49. The second-order valence-electron chi connectivity index (χ2n) is 8.66. The second kappa shape index (κ2) is 8.61. The van der Waals surface area contributed by atoms with Crippen LogP contribution in [-0.2, 0) is 14.3 Å². The molecule has 2 amide bonds. The summed E-state index contributed by atoms with van der Waals surface area (Å²) in [5, 5.41) is 3.22. The molecule has 0 unspecified atom stereocenters. The van der Waals surface area contributed by atoms with E-state index in [0.29, 0.717) is 29.8 Å². The van der Waals surface area contributed by atoms with E-state index in [9.17, 15) is 9.59 Å². The van der Waals surface area contributed by atoms with Crippen molar-refractivity contribution in [2.75, 3.05) is 13.7 Å². The summed E-state index contributed by atoms with van der Waals surface area (Å²) in [5.41, 5.74) is 5.80. The first-order valence-electron chi connectivity index (χ1n) is 10.2. The fraction of sp³-hybridized carbons (Fsp3) is 0.636. The number of ether oxygens (including phenoxy) is 3. The van der Waals surface area contributed by atoms with Gasteiger partial charge in [0.15, 0.2) is 18.1 Å². The summed E-state index contributed by atoms with van der Waals surface area (Å²) < 4.78 is 17.4. The van der Waals surface area contributed by atoms with Crippen molar-refractivity contribution in [2.24, 2.45) is 17.6 Å². The molecule has 0 aromatic heterocycles. The molecule has 1 aromatic carbocycles. The van der Waals surface area contributed by atoms with Crippen LogP contribution in [-0.4, -0.2) is 37.2 Å². The van der Waals surface area contributed by atoms with Crippen molar-refractivity contribution in [3.05, 3.63) is 23.8 Å². The highest BCUT2D eigenvalue weighted by atomic mass is 16.5. The first kappa shape index (κ1) is 21.4. The maximum atomic E-state index is 11.9. The average Bonchev–Trinajstić information content (AvgIpc) is 2.64. The van der Waals surface area contributed by atoms with Crippen LogP contribution in [0.25, 0.3) is 0 Å². The largest absolute Gasteiger partial charge is 0.493 e. The van der Waals surface area contributed by atoms with E-state index in [-0.39, 0.29) is 30.3 Å². The second-order valence-corrected chi connectivity index (χ2v) is 8.66. The van der Waals surface area contributed by atoms with Gasteiger partial charge in [0.1, 0.15) is 0 Å². The smallest absolute Gasteiger partial charge is 0.255 e. The molecule has 5 atom stereocenters. The fourth-order valence-electron chi connectivity index (χ4n) is 4.90. The summed E-state index contributed by atoms with van der Waals surface area (Å²) in [6.07, 6.45) is 3.83. The molecule has 1 aliphatic carbocycles. The molecule has 2 fully saturated rings. The normalized spacial score (nSPS) is 31.4. The van der Waals surface area contributed by atoms with E-state index in [4.69, 9.17) is 19.9 Å². The molecule has 7 nitrogen and oxygen atoms in total. The van der Waals surface area contributed by atoms with Crippen LogP contribution in [0, 0.1) is 11.8 Å². The molecule has 1 heterocycles. The summed E-state index contributed by atoms with van der Waals surface area (Å²) >= 11 is 0. The van der Waals surface area contributed by atoms with Gasteiger partial charge in [0.25, 0.3) is 5.91 Å². The van der Waals surface area contributed by atoms with E-state index in [1.807, 2.05) is 12.1 Å². The minimum absolute atomic E-state index is 0.0155. The van der Waals surface area contributed by atoms with E-state index in [1.165, 1.54) is 0 Å². The molecule has 160 valence electrons. The Morgan fingerprint density at radius 2 is 2.07 bits per heavy atom. The van der Waals surface area contributed by atoms with Crippen LogP contribution in [0.2, 0.25) is 0 Å². The Morgan fingerprint density at radius 3 is 2.72 bits per heavy atom. The van der Waals surface area contributed by atoms with Gasteiger partial charge in [-0.2, -0.15) is 0 Å². The Bertz CT molecular complexity index is 768. The number of carbonyl (C=O) groups excluding carboxylic acids is 2. The Labute approximate surface area is 172 Å². The van der Waals surface area contributed by atoms with Gasteiger partial charge < -0.3 is 25.3 Å². The number of rotatable bonds is 6. The van der Waals surface area contributed by atoms with E-state index >= 15 is 0 Å². The monoisotopic (exact) mass is 404 g/mol. The van der Waals surface area contributed by atoms with Gasteiger partial charge >= 0.3 is 0 Å². The summed E-state index contributed by atoms with van der Waals surface area (Å²) in [5.74, 6) is 1.33. The van der Waals surface area contributed by atoms with Gasteiger partial charge in [0.05, 0.1) is 19.3 Å². The van der Waals surface area contributed by atoms with Crippen LogP contribution in [0.3, 0.4) is 0 Å². The number of primary amides is 1. The van der Waals surface area contributed by atoms with Gasteiger partial charge in [-0.3, -0.25) is 9.59 Å². The van der Waals surface area contributed by atoms with Crippen molar-refractivity contribution in [1.29, 1.82) is 0 Å². The van der Waals surface area contributed by atoms with Gasteiger partial charge in [-0.25, -0.2) is 0 Å². The molecule has 3 N–H and O–H groups in total. The number of hydrogen-bond donors (Lipinski definition) is 2. The van der Waals surface area contributed by atoms with Crippen LogP contribution in [0.15, 0.2) is 18.2 Å². The van der Waals surface area contributed by atoms with Crippen LogP contribution in [0.1, 0.15) is 58.1 Å². The third-order valence-corrected chi connectivity index (χ3v) is 6.21. The molecule has 0 bridgehead atoms. The predicted molar refractivity (Wildman–Crippen MR) is 109 cm³/mol. The zero-order valence-corrected chi connectivity index (χ0v) is 17.7. The minimum atomic E-state index is -0.546. The molecular formula is C22H32N2O5. The Hall–Kier alpha value is -2.28. The third kappa shape index (κ3) is 4.83. The van der Waals surface area contributed by atoms with E-state index in [0.717, 1.165) is 24.8 Å². The molecule has 2 aliphatic rings. The number of nitrogens with two attached hydrogens (primary N) is 1. The zero-order valence-electron chi connectivity index (χ0n) is 17.7. The van der Waals surface area contributed by atoms with Crippen molar-refractivity contribution in [3.8, 4) is 11.5 Å². The number of fused-ring (bicyclic) bond motifs is 1. The number of amides is 2. The Kier molecular flexibility index (Phi) is 6.36. The summed E-state index contributed by atoms with van der Waals surface area (Å²) in [4.78, 5) is 23.0. The number of hydrogen-bond acceptors (Lipinski definition) is 5. The van der Waals surface area contributed by atoms with Crippen LogP contribution < -0.4 is 20.5 Å². The standard InChI is InChI=1S/C22H32N2O5/c1-13-5-7-16-18(9-13)29-20(11-22(16,3)24-14(2)25)15-6-8-17(19(10-15)27-4)28-12-21(23)26/h6,8,10,13,16,18,20H,5,7,9,11-12H2,1-4H3,(H2,23,26)(H,24,25)/t13-,16-,18-,20-,22-/m1/s1. The number of benzene rings is 1. The lowest BCUT2D eigenvalue weighted by atomic mass is 9.66. The maximum Gasteiger partial charge on any atom is 0.255 e. The minimum Gasteiger partial charge on any atom is -0.493 e. The van der Waals surface area contributed by atoms with E-state index in [2.05, 4.69) is 19.2 Å². The van der Waals surface area contributed by atoms with Gasteiger partial charge in [0.2, 0.25) is 5.91 Å².